The summed E-state index contributed by atoms with van der Waals surface area (Å²) >= 11 is 0. The Hall–Kier alpha value is -0.813. The third-order valence-corrected chi connectivity index (χ3v) is 3.23. The largest absolute Gasteiger partial charge is 0.409 e. The van der Waals surface area contributed by atoms with Crippen molar-refractivity contribution < 1.29 is 17.6 Å². The van der Waals surface area contributed by atoms with Gasteiger partial charge in [-0.25, -0.2) is 13.2 Å². The highest BCUT2D eigenvalue weighted by Gasteiger charge is 2.31. The van der Waals surface area contributed by atoms with E-state index in [-0.39, 0.29) is 5.56 Å². The predicted molar refractivity (Wildman–Crippen MR) is 55.4 cm³/mol. The molecular weight excluding hydrogens is 233 g/mol. The third kappa shape index (κ3) is 2.15. The molecule has 0 unspecified atom stereocenters. The minimum atomic E-state index is -1.20. The summed E-state index contributed by atoms with van der Waals surface area (Å²) in [6.45, 7) is 3.56. The van der Waals surface area contributed by atoms with Gasteiger partial charge in [0.25, 0.3) is 0 Å². The Morgan fingerprint density at radius 3 is 2.00 bits per heavy atom. The van der Waals surface area contributed by atoms with E-state index in [2.05, 4.69) is 10.5 Å². The van der Waals surface area contributed by atoms with E-state index in [1.165, 1.54) is 0 Å². The van der Waals surface area contributed by atoms with Crippen molar-refractivity contribution in [3.8, 4) is 0 Å². The first-order valence-corrected chi connectivity index (χ1v) is 5.41. The second-order valence-corrected chi connectivity index (χ2v) is 3.75. The van der Waals surface area contributed by atoms with E-state index in [0.29, 0.717) is 18.9 Å². The van der Waals surface area contributed by atoms with Gasteiger partial charge in [0, 0.05) is 11.6 Å². The maximum absolute atomic E-state index is 13.6. The van der Waals surface area contributed by atoms with Gasteiger partial charge < -0.3 is 4.43 Å². The second-order valence-electron chi connectivity index (χ2n) is 3.55. The fourth-order valence-electron chi connectivity index (χ4n) is 1.70. The van der Waals surface area contributed by atoms with Crippen LogP contribution in [0.15, 0.2) is 12.1 Å². The Balaban J connectivity index is 3.35. The molecule has 0 N–H and O–H groups in total. The van der Waals surface area contributed by atoms with Crippen molar-refractivity contribution in [3.05, 3.63) is 35.1 Å². The molecule has 0 aliphatic carbocycles. The third-order valence-electron chi connectivity index (χ3n) is 2.84. The first kappa shape index (κ1) is 13.3. The average Bonchev–Trinajstić information content (AvgIpc) is 2.28. The molecule has 1 aromatic rings. The highest BCUT2D eigenvalue weighted by Crippen LogP contribution is 2.34. The number of rotatable bonds is 4. The Morgan fingerprint density at radius 1 is 1.06 bits per heavy atom. The standard InChI is InChI=1S/C11H12F3OSi/c1-3-11(4-2,15-16)7-5-9(13)10(14)6-8(7)12/h5-6H,3-4H2,1-2H3. The molecule has 0 heterocycles. The minimum Gasteiger partial charge on any atom is -0.409 e. The van der Waals surface area contributed by atoms with Crippen LogP contribution in [-0.2, 0) is 10.0 Å². The van der Waals surface area contributed by atoms with Gasteiger partial charge in [0.15, 0.2) is 11.6 Å². The van der Waals surface area contributed by atoms with Crippen LogP contribution in [0.25, 0.3) is 0 Å². The molecule has 5 heteroatoms. The van der Waals surface area contributed by atoms with Gasteiger partial charge in [0.2, 0.25) is 10.5 Å². The van der Waals surface area contributed by atoms with E-state index in [1.807, 2.05) is 0 Å². The van der Waals surface area contributed by atoms with Gasteiger partial charge in [0.1, 0.15) is 5.82 Å². The topological polar surface area (TPSA) is 9.23 Å². The Bertz CT molecular complexity index is 369. The van der Waals surface area contributed by atoms with Gasteiger partial charge >= 0.3 is 0 Å². The Morgan fingerprint density at radius 2 is 1.56 bits per heavy atom. The van der Waals surface area contributed by atoms with E-state index in [0.717, 1.165) is 6.07 Å². The molecule has 1 rings (SSSR count). The van der Waals surface area contributed by atoms with Gasteiger partial charge in [-0.2, -0.15) is 0 Å². The molecule has 1 aromatic carbocycles. The monoisotopic (exact) mass is 245 g/mol. The molecule has 0 saturated carbocycles. The van der Waals surface area contributed by atoms with Gasteiger partial charge in [-0.3, -0.25) is 0 Å². The van der Waals surface area contributed by atoms with Crippen LogP contribution in [0.2, 0.25) is 0 Å². The smallest absolute Gasteiger partial charge is 0.247 e. The zero-order chi connectivity index (χ0) is 12.3. The zero-order valence-corrected chi connectivity index (χ0v) is 10.1. The summed E-state index contributed by atoms with van der Waals surface area (Å²) in [6.07, 6.45) is 0.879. The summed E-state index contributed by atoms with van der Waals surface area (Å²) in [5, 5.41) is 0. The first-order valence-electron chi connectivity index (χ1n) is 5.00. The molecule has 0 spiro atoms. The zero-order valence-electron chi connectivity index (χ0n) is 9.11. The van der Waals surface area contributed by atoms with Crippen LogP contribution in [-0.4, -0.2) is 10.5 Å². The van der Waals surface area contributed by atoms with Gasteiger partial charge in [0.05, 0.1) is 5.60 Å². The Kier molecular flexibility index (Phi) is 4.15. The highest BCUT2D eigenvalue weighted by atomic mass is 28.2. The Labute approximate surface area is 96.2 Å². The van der Waals surface area contributed by atoms with Crippen LogP contribution in [0, 0.1) is 17.5 Å². The summed E-state index contributed by atoms with van der Waals surface area (Å²) in [4.78, 5) is 0. The fourth-order valence-corrected chi connectivity index (χ4v) is 2.10. The van der Waals surface area contributed by atoms with Gasteiger partial charge in [-0.15, -0.1) is 0 Å². The van der Waals surface area contributed by atoms with Gasteiger partial charge in [-0.05, 0) is 18.9 Å². The number of benzene rings is 1. The summed E-state index contributed by atoms with van der Waals surface area (Å²) < 4.78 is 44.5. The van der Waals surface area contributed by atoms with Crippen LogP contribution in [0.3, 0.4) is 0 Å². The van der Waals surface area contributed by atoms with Crippen LogP contribution >= 0.6 is 0 Å². The van der Waals surface area contributed by atoms with E-state index in [9.17, 15) is 13.2 Å². The maximum Gasteiger partial charge on any atom is 0.247 e. The normalized spacial score (nSPS) is 11.9. The summed E-state index contributed by atoms with van der Waals surface area (Å²) in [5.41, 5.74) is -0.957. The van der Waals surface area contributed by atoms with E-state index in [1.54, 1.807) is 13.8 Å². The first-order chi connectivity index (χ1) is 7.50. The number of hydrogen-bond acceptors (Lipinski definition) is 1. The van der Waals surface area contributed by atoms with Crippen molar-refractivity contribution in [3.63, 3.8) is 0 Å². The fraction of sp³-hybridized carbons (Fsp3) is 0.455. The lowest BCUT2D eigenvalue weighted by Crippen LogP contribution is -2.29. The molecule has 0 fully saturated rings. The molecule has 0 saturated heterocycles. The molecule has 1 nitrogen and oxygen atoms in total. The second kappa shape index (κ2) is 5.01. The maximum atomic E-state index is 13.6. The van der Waals surface area contributed by atoms with Crippen molar-refractivity contribution >= 4 is 10.5 Å². The highest BCUT2D eigenvalue weighted by molar-refractivity contribution is 5.98. The molecule has 0 aliphatic heterocycles. The average molecular weight is 245 g/mol. The predicted octanol–water partition coefficient (Wildman–Crippen LogP) is 3.22. The molecular formula is C11H12F3OSi. The molecule has 0 aromatic heterocycles. The van der Waals surface area contributed by atoms with Crippen molar-refractivity contribution in [2.45, 2.75) is 32.3 Å². The molecule has 16 heavy (non-hydrogen) atoms. The summed E-state index contributed by atoms with van der Waals surface area (Å²) in [6, 6.07) is 1.38. The molecule has 0 aliphatic rings. The summed E-state index contributed by atoms with van der Waals surface area (Å²) in [5.74, 6) is -3.08. The summed E-state index contributed by atoms with van der Waals surface area (Å²) in [7, 11) is 2.88. The molecule has 0 bridgehead atoms. The number of hydrogen-bond donors (Lipinski definition) is 0. The molecule has 87 valence electrons. The lowest BCUT2D eigenvalue weighted by molar-refractivity contribution is 0.0638. The van der Waals surface area contributed by atoms with E-state index < -0.39 is 23.1 Å². The van der Waals surface area contributed by atoms with E-state index >= 15 is 0 Å². The van der Waals surface area contributed by atoms with E-state index in [4.69, 9.17) is 4.43 Å². The lowest BCUT2D eigenvalue weighted by atomic mass is 9.88. The van der Waals surface area contributed by atoms with Crippen LogP contribution < -0.4 is 0 Å². The van der Waals surface area contributed by atoms with Crippen LogP contribution in [0.5, 0.6) is 0 Å². The molecule has 3 radical (unpaired) electrons. The number of halogens is 3. The van der Waals surface area contributed by atoms with Gasteiger partial charge in [-0.1, -0.05) is 13.8 Å². The van der Waals surface area contributed by atoms with Crippen molar-refractivity contribution in [1.82, 2.24) is 0 Å². The molecule has 0 amide bonds. The van der Waals surface area contributed by atoms with Crippen molar-refractivity contribution in [2.24, 2.45) is 0 Å². The SMILES string of the molecule is CCC(CC)(O[Si])c1cc(F)c(F)cc1F. The minimum absolute atomic E-state index is 0.0198. The lowest BCUT2D eigenvalue weighted by Gasteiger charge is -2.31. The van der Waals surface area contributed by atoms with Crippen LogP contribution in [0.1, 0.15) is 32.3 Å². The van der Waals surface area contributed by atoms with Crippen LogP contribution in [0.4, 0.5) is 13.2 Å². The quantitative estimate of drug-likeness (QED) is 0.584. The van der Waals surface area contributed by atoms with Crippen molar-refractivity contribution in [2.75, 3.05) is 0 Å². The molecule has 0 atom stereocenters. The van der Waals surface area contributed by atoms with Crippen molar-refractivity contribution in [1.29, 1.82) is 0 Å².